The molecule has 2 heterocycles. The summed E-state index contributed by atoms with van der Waals surface area (Å²) in [5.74, 6) is 0. The van der Waals surface area contributed by atoms with E-state index >= 15 is 0 Å². The molecule has 0 bridgehead atoms. The Morgan fingerprint density at radius 1 is 0.375 bits per heavy atom. The first-order valence-electron chi connectivity index (χ1n) is 15.9. The number of nitriles is 2. The highest BCUT2D eigenvalue weighted by Crippen LogP contribution is 2.39. The molecule has 0 saturated carbocycles. The number of aromatic nitrogens is 2. The van der Waals surface area contributed by atoms with Gasteiger partial charge in [0.1, 0.15) is 0 Å². The van der Waals surface area contributed by atoms with Crippen LogP contribution in [-0.2, 0) is 0 Å². The van der Waals surface area contributed by atoms with Gasteiger partial charge in [-0.05, 0) is 71.3 Å². The van der Waals surface area contributed by atoms with Crippen molar-refractivity contribution >= 4 is 43.6 Å². The summed E-state index contributed by atoms with van der Waals surface area (Å²) in [6, 6.07) is 58.9. The van der Waals surface area contributed by atoms with Gasteiger partial charge < -0.3 is 9.13 Å². The first-order valence-corrected chi connectivity index (χ1v) is 15.9. The van der Waals surface area contributed by atoms with Crippen LogP contribution in [0.25, 0.3) is 77.2 Å². The lowest BCUT2D eigenvalue weighted by atomic mass is 9.95. The molecule has 0 radical (unpaired) electrons. The molecule has 9 aromatic rings. The monoisotopic (exact) mass is 610 g/mol. The Kier molecular flexibility index (Phi) is 6.22. The Bertz CT molecular complexity index is 2730. The lowest BCUT2D eigenvalue weighted by molar-refractivity contribution is 1.18. The molecule has 0 spiro atoms. The fourth-order valence-electron chi connectivity index (χ4n) is 7.33. The summed E-state index contributed by atoms with van der Waals surface area (Å²) in [5, 5.41) is 24.7. The quantitative estimate of drug-likeness (QED) is 0.199. The number of para-hydroxylation sites is 3. The zero-order valence-corrected chi connectivity index (χ0v) is 25.8. The number of fused-ring (bicyclic) bond motifs is 6. The van der Waals surface area contributed by atoms with Crippen LogP contribution in [-0.4, -0.2) is 9.13 Å². The maximum absolute atomic E-state index is 10.3. The van der Waals surface area contributed by atoms with Crippen LogP contribution in [0.1, 0.15) is 11.1 Å². The summed E-state index contributed by atoms with van der Waals surface area (Å²) in [7, 11) is 0. The summed E-state index contributed by atoms with van der Waals surface area (Å²) < 4.78 is 4.51. The molecule has 0 amide bonds. The minimum atomic E-state index is 0.596. The van der Waals surface area contributed by atoms with Crippen LogP contribution in [0.4, 0.5) is 0 Å². The maximum atomic E-state index is 10.3. The molecule has 7 aromatic carbocycles. The molecular formula is C44H26N4. The van der Waals surface area contributed by atoms with Crippen molar-refractivity contribution in [3.8, 4) is 45.8 Å². The predicted octanol–water partition coefficient (Wildman–Crippen LogP) is 11.0. The second-order valence-corrected chi connectivity index (χ2v) is 12.0. The maximum Gasteiger partial charge on any atom is 0.0998 e. The smallest absolute Gasteiger partial charge is 0.0998 e. The molecule has 222 valence electrons. The van der Waals surface area contributed by atoms with Crippen LogP contribution in [0, 0.1) is 22.7 Å². The Morgan fingerprint density at radius 3 is 1.48 bits per heavy atom. The van der Waals surface area contributed by atoms with Crippen molar-refractivity contribution in [1.82, 2.24) is 9.13 Å². The summed E-state index contributed by atoms with van der Waals surface area (Å²) in [4.78, 5) is 0. The van der Waals surface area contributed by atoms with Crippen molar-refractivity contribution < 1.29 is 0 Å². The van der Waals surface area contributed by atoms with Crippen LogP contribution in [0.5, 0.6) is 0 Å². The van der Waals surface area contributed by atoms with E-state index in [0.29, 0.717) is 11.1 Å². The zero-order valence-electron chi connectivity index (χ0n) is 25.8. The lowest BCUT2D eigenvalue weighted by Crippen LogP contribution is -1.99. The molecule has 0 aliphatic rings. The van der Waals surface area contributed by atoms with E-state index in [9.17, 15) is 10.5 Å². The Hall–Kier alpha value is -6.88. The normalized spacial score (nSPS) is 11.3. The summed E-state index contributed by atoms with van der Waals surface area (Å²) in [5.41, 5.74) is 11.6. The first-order chi connectivity index (χ1) is 23.7. The second kappa shape index (κ2) is 10.9. The molecule has 9 rings (SSSR count). The molecule has 0 unspecified atom stereocenters. The Labute approximate surface area is 277 Å². The number of rotatable bonds is 4. The molecule has 4 heteroatoms. The number of hydrogen-bond acceptors (Lipinski definition) is 2. The van der Waals surface area contributed by atoms with E-state index in [1.165, 1.54) is 21.8 Å². The van der Waals surface area contributed by atoms with Gasteiger partial charge >= 0.3 is 0 Å². The van der Waals surface area contributed by atoms with Crippen LogP contribution in [0.15, 0.2) is 158 Å². The van der Waals surface area contributed by atoms with Gasteiger partial charge in [-0.2, -0.15) is 10.5 Å². The third-order valence-electron chi connectivity index (χ3n) is 9.43. The van der Waals surface area contributed by atoms with Gasteiger partial charge in [0.2, 0.25) is 0 Å². The van der Waals surface area contributed by atoms with Gasteiger partial charge in [-0.25, -0.2) is 0 Å². The van der Waals surface area contributed by atoms with Crippen molar-refractivity contribution in [1.29, 1.82) is 10.5 Å². The SMILES string of the molecule is N#Cc1cccc(-n2c3ccccc3c3c(C#N)cccc32)c1-c1ccc(-c2ccc(-n3c4ccccc4c4ccccc43)cc2)cc1. The Morgan fingerprint density at radius 2 is 0.854 bits per heavy atom. The number of benzene rings is 7. The molecule has 2 aromatic heterocycles. The van der Waals surface area contributed by atoms with E-state index in [-0.39, 0.29) is 0 Å². The highest BCUT2D eigenvalue weighted by atomic mass is 15.0. The molecular weight excluding hydrogens is 585 g/mol. The highest BCUT2D eigenvalue weighted by molar-refractivity contribution is 6.12. The molecule has 0 N–H and O–H groups in total. The van der Waals surface area contributed by atoms with Gasteiger partial charge in [-0.1, -0.05) is 103 Å². The van der Waals surface area contributed by atoms with E-state index in [1.807, 2.05) is 42.5 Å². The molecule has 4 nitrogen and oxygen atoms in total. The molecule has 0 aliphatic carbocycles. The molecule has 0 fully saturated rings. The molecule has 0 aliphatic heterocycles. The predicted molar refractivity (Wildman–Crippen MR) is 195 cm³/mol. The largest absolute Gasteiger partial charge is 0.309 e. The topological polar surface area (TPSA) is 57.4 Å². The van der Waals surface area contributed by atoms with Gasteiger partial charge in [0, 0.05) is 32.8 Å². The van der Waals surface area contributed by atoms with Crippen LogP contribution in [0.3, 0.4) is 0 Å². The molecule has 48 heavy (non-hydrogen) atoms. The first kappa shape index (κ1) is 27.4. The van der Waals surface area contributed by atoms with E-state index < -0.39 is 0 Å². The van der Waals surface area contributed by atoms with Crippen molar-refractivity contribution in [2.75, 3.05) is 0 Å². The van der Waals surface area contributed by atoms with E-state index in [4.69, 9.17) is 0 Å². The van der Waals surface area contributed by atoms with Gasteiger partial charge in [-0.3, -0.25) is 0 Å². The van der Waals surface area contributed by atoms with Crippen molar-refractivity contribution in [3.63, 3.8) is 0 Å². The van der Waals surface area contributed by atoms with Gasteiger partial charge in [0.15, 0.2) is 0 Å². The minimum Gasteiger partial charge on any atom is -0.309 e. The van der Waals surface area contributed by atoms with Crippen LogP contribution >= 0.6 is 0 Å². The van der Waals surface area contributed by atoms with Crippen molar-refractivity contribution in [3.05, 3.63) is 169 Å². The van der Waals surface area contributed by atoms with Gasteiger partial charge in [-0.15, -0.1) is 0 Å². The summed E-state index contributed by atoms with van der Waals surface area (Å²) in [6.45, 7) is 0. The van der Waals surface area contributed by atoms with E-state index in [0.717, 1.165) is 55.4 Å². The van der Waals surface area contributed by atoms with Gasteiger partial charge in [0.05, 0.1) is 51.0 Å². The number of hydrogen-bond donors (Lipinski definition) is 0. The van der Waals surface area contributed by atoms with Gasteiger partial charge in [0.25, 0.3) is 0 Å². The van der Waals surface area contributed by atoms with E-state index in [2.05, 4.69) is 137 Å². The number of nitrogens with zero attached hydrogens (tertiary/aromatic N) is 4. The highest BCUT2D eigenvalue weighted by Gasteiger charge is 2.19. The van der Waals surface area contributed by atoms with Crippen molar-refractivity contribution in [2.45, 2.75) is 0 Å². The fourth-order valence-corrected chi connectivity index (χ4v) is 7.33. The average molecular weight is 611 g/mol. The third-order valence-corrected chi connectivity index (χ3v) is 9.43. The zero-order chi connectivity index (χ0) is 32.2. The fraction of sp³-hybridized carbons (Fsp3) is 0. The van der Waals surface area contributed by atoms with Crippen molar-refractivity contribution in [2.24, 2.45) is 0 Å². The third kappa shape index (κ3) is 4.07. The molecule has 0 atom stereocenters. The average Bonchev–Trinajstić information content (AvgIpc) is 3.68. The van der Waals surface area contributed by atoms with Crippen LogP contribution < -0.4 is 0 Å². The second-order valence-electron chi connectivity index (χ2n) is 12.0. The standard InChI is InChI=1S/C44H26N4/c45-27-32-9-7-17-41(48-40-16-6-3-13-37(40)44-33(28-46)10-8-18-42(44)48)43(32)31-21-19-29(20-22-31)30-23-25-34(26-24-30)47-38-14-4-1-11-35(38)36-12-2-5-15-39(36)47/h1-26H. The Balaban J connectivity index is 1.14. The van der Waals surface area contributed by atoms with Crippen LogP contribution in [0.2, 0.25) is 0 Å². The van der Waals surface area contributed by atoms with E-state index in [1.54, 1.807) is 0 Å². The summed E-state index contributed by atoms with van der Waals surface area (Å²) >= 11 is 0. The minimum absolute atomic E-state index is 0.596. The lowest BCUT2D eigenvalue weighted by Gasteiger charge is -2.16. The summed E-state index contributed by atoms with van der Waals surface area (Å²) in [6.07, 6.45) is 0. The molecule has 0 saturated heterocycles.